The summed E-state index contributed by atoms with van der Waals surface area (Å²) < 4.78 is 19.5. The molecular formula is C19H19N3O3S. The number of methoxy groups -OCH3 is 1. The van der Waals surface area contributed by atoms with E-state index >= 15 is 0 Å². The Bertz CT molecular complexity index is 956. The van der Waals surface area contributed by atoms with Gasteiger partial charge in [0.15, 0.2) is 0 Å². The maximum Gasteiger partial charge on any atom is 0.229 e. The van der Waals surface area contributed by atoms with Crippen molar-refractivity contribution in [1.29, 1.82) is 0 Å². The Kier molecular flexibility index (Phi) is 4.46. The quantitative estimate of drug-likeness (QED) is 0.707. The molecule has 0 fully saturated rings. The van der Waals surface area contributed by atoms with E-state index in [9.17, 15) is 4.79 Å². The van der Waals surface area contributed by atoms with Crippen LogP contribution in [0, 0.1) is 5.92 Å². The average Bonchev–Trinajstić information content (AvgIpc) is 3.14. The fraction of sp³-hybridized carbons (Fsp3) is 0.316. The number of hydrogen-bond acceptors (Lipinski definition) is 6. The maximum absolute atomic E-state index is 12.8. The molecule has 0 saturated carbocycles. The van der Waals surface area contributed by atoms with Crippen LogP contribution in [0.1, 0.15) is 11.1 Å². The Labute approximate surface area is 155 Å². The monoisotopic (exact) mass is 369 g/mol. The molecule has 4 rings (SSSR count). The van der Waals surface area contributed by atoms with Gasteiger partial charge < -0.3 is 14.4 Å². The first-order valence-corrected chi connectivity index (χ1v) is 9.13. The summed E-state index contributed by atoms with van der Waals surface area (Å²) in [6.07, 6.45) is 0.678. The molecule has 0 unspecified atom stereocenters. The molecule has 2 heterocycles. The molecule has 2 aromatic carbocycles. The number of aromatic nitrogens is 2. The van der Waals surface area contributed by atoms with Gasteiger partial charge in [-0.05, 0) is 35.7 Å². The molecule has 0 N–H and O–H groups in total. The van der Waals surface area contributed by atoms with E-state index in [2.05, 4.69) is 8.75 Å². The fourth-order valence-electron chi connectivity index (χ4n) is 3.23. The summed E-state index contributed by atoms with van der Waals surface area (Å²) in [6.45, 7) is 0.927. The van der Waals surface area contributed by atoms with Crippen LogP contribution in [-0.4, -0.2) is 40.3 Å². The number of amides is 1. The zero-order valence-corrected chi connectivity index (χ0v) is 15.5. The number of rotatable bonds is 4. The minimum atomic E-state index is -0.175. The van der Waals surface area contributed by atoms with Crippen LogP contribution in [0.15, 0.2) is 36.4 Å². The number of hydrogen-bond donors (Lipinski definition) is 0. The second-order valence-corrected chi connectivity index (χ2v) is 7.00. The van der Waals surface area contributed by atoms with Crippen LogP contribution in [0.25, 0.3) is 11.0 Å². The van der Waals surface area contributed by atoms with Gasteiger partial charge in [0.25, 0.3) is 0 Å². The SMILES string of the molecule is COc1ccc2c(c1)OC[C@@H](C(=O)N(C)Cc1ccc3nsnc3c1)C2. The number of ether oxygens (including phenoxy) is 2. The van der Waals surface area contributed by atoms with Crippen LogP contribution in [0.3, 0.4) is 0 Å². The highest BCUT2D eigenvalue weighted by atomic mass is 32.1. The first kappa shape index (κ1) is 16.8. The van der Waals surface area contributed by atoms with E-state index in [0.717, 1.165) is 33.7 Å². The lowest BCUT2D eigenvalue weighted by atomic mass is 9.95. The summed E-state index contributed by atoms with van der Waals surface area (Å²) in [5.74, 6) is 1.48. The highest BCUT2D eigenvalue weighted by Gasteiger charge is 2.28. The van der Waals surface area contributed by atoms with Crippen LogP contribution in [-0.2, 0) is 17.8 Å². The van der Waals surface area contributed by atoms with Crippen LogP contribution in [0.5, 0.6) is 11.5 Å². The van der Waals surface area contributed by atoms with Crippen LogP contribution in [0.4, 0.5) is 0 Å². The standard InChI is InChI=1S/C19H19N3O3S/c1-22(10-12-3-6-16-17(7-12)21-26-20-16)19(23)14-8-13-4-5-15(24-2)9-18(13)25-11-14/h3-7,9,14H,8,10-11H2,1-2H3/t14-/m0/s1. The van der Waals surface area contributed by atoms with Gasteiger partial charge in [0.1, 0.15) is 29.1 Å². The van der Waals surface area contributed by atoms with Crippen molar-refractivity contribution in [1.82, 2.24) is 13.6 Å². The van der Waals surface area contributed by atoms with Crippen molar-refractivity contribution in [2.24, 2.45) is 5.92 Å². The highest BCUT2D eigenvalue weighted by Crippen LogP contribution is 2.31. The summed E-state index contributed by atoms with van der Waals surface area (Å²) in [7, 11) is 3.46. The Balaban J connectivity index is 1.44. The molecule has 0 aliphatic carbocycles. The van der Waals surface area contributed by atoms with Crippen LogP contribution >= 0.6 is 11.7 Å². The largest absolute Gasteiger partial charge is 0.497 e. The van der Waals surface area contributed by atoms with Gasteiger partial charge >= 0.3 is 0 Å². The Morgan fingerprint density at radius 1 is 1.27 bits per heavy atom. The van der Waals surface area contributed by atoms with Crippen molar-refractivity contribution in [2.75, 3.05) is 20.8 Å². The minimum absolute atomic E-state index is 0.0861. The van der Waals surface area contributed by atoms with E-state index < -0.39 is 0 Å². The molecule has 7 heteroatoms. The van der Waals surface area contributed by atoms with Crippen molar-refractivity contribution in [3.63, 3.8) is 0 Å². The number of carbonyl (C=O) groups is 1. The molecule has 1 aliphatic rings. The van der Waals surface area contributed by atoms with E-state index in [1.165, 1.54) is 11.7 Å². The van der Waals surface area contributed by atoms with Gasteiger partial charge in [-0.15, -0.1) is 0 Å². The zero-order valence-electron chi connectivity index (χ0n) is 14.6. The van der Waals surface area contributed by atoms with Crippen molar-refractivity contribution in [2.45, 2.75) is 13.0 Å². The van der Waals surface area contributed by atoms with Crippen LogP contribution < -0.4 is 9.47 Å². The lowest BCUT2D eigenvalue weighted by molar-refractivity contribution is -0.136. The molecule has 1 atom stereocenters. The number of carbonyl (C=O) groups excluding carboxylic acids is 1. The second-order valence-electron chi connectivity index (χ2n) is 6.47. The third-order valence-corrected chi connectivity index (χ3v) is 5.20. The molecule has 134 valence electrons. The first-order valence-electron chi connectivity index (χ1n) is 8.40. The van der Waals surface area contributed by atoms with E-state index in [1.54, 1.807) is 12.0 Å². The van der Waals surface area contributed by atoms with E-state index in [-0.39, 0.29) is 11.8 Å². The van der Waals surface area contributed by atoms with E-state index in [0.29, 0.717) is 19.6 Å². The average molecular weight is 369 g/mol. The molecule has 1 aliphatic heterocycles. The molecule has 1 amide bonds. The molecular weight excluding hydrogens is 350 g/mol. The van der Waals surface area contributed by atoms with Crippen molar-refractivity contribution in [3.8, 4) is 11.5 Å². The number of fused-ring (bicyclic) bond motifs is 2. The summed E-state index contributed by atoms with van der Waals surface area (Å²) in [5.41, 5.74) is 3.85. The maximum atomic E-state index is 12.8. The summed E-state index contributed by atoms with van der Waals surface area (Å²) in [6, 6.07) is 11.7. The lowest BCUT2D eigenvalue weighted by Gasteiger charge is -2.28. The smallest absolute Gasteiger partial charge is 0.229 e. The van der Waals surface area contributed by atoms with Gasteiger partial charge in [0, 0.05) is 19.7 Å². The Morgan fingerprint density at radius 3 is 2.96 bits per heavy atom. The minimum Gasteiger partial charge on any atom is -0.497 e. The predicted octanol–water partition coefficient (Wildman–Crippen LogP) is 2.91. The van der Waals surface area contributed by atoms with E-state index in [1.807, 2.05) is 43.4 Å². The van der Waals surface area contributed by atoms with Crippen molar-refractivity contribution < 1.29 is 14.3 Å². The third-order valence-electron chi connectivity index (χ3n) is 4.64. The number of nitrogens with zero attached hydrogens (tertiary/aromatic N) is 3. The molecule has 0 radical (unpaired) electrons. The number of benzene rings is 2. The Hall–Kier alpha value is -2.67. The Morgan fingerprint density at radius 2 is 2.12 bits per heavy atom. The molecule has 6 nitrogen and oxygen atoms in total. The van der Waals surface area contributed by atoms with Gasteiger partial charge in [-0.2, -0.15) is 8.75 Å². The normalized spacial score (nSPS) is 16.0. The second kappa shape index (κ2) is 6.92. The summed E-state index contributed by atoms with van der Waals surface area (Å²) in [4.78, 5) is 14.6. The lowest BCUT2D eigenvalue weighted by Crippen LogP contribution is -2.38. The van der Waals surface area contributed by atoms with Gasteiger partial charge in [-0.25, -0.2) is 0 Å². The molecule has 0 spiro atoms. The molecule has 3 aromatic rings. The van der Waals surface area contributed by atoms with Gasteiger partial charge in [-0.1, -0.05) is 12.1 Å². The van der Waals surface area contributed by atoms with Gasteiger partial charge in [-0.3, -0.25) is 4.79 Å². The molecule has 0 bridgehead atoms. The van der Waals surface area contributed by atoms with Crippen molar-refractivity contribution in [3.05, 3.63) is 47.5 Å². The summed E-state index contributed by atoms with van der Waals surface area (Å²) in [5, 5.41) is 0. The van der Waals surface area contributed by atoms with Gasteiger partial charge in [0.2, 0.25) is 5.91 Å². The third kappa shape index (κ3) is 3.22. The zero-order chi connectivity index (χ0) is 18.1. The fourth-order valence-corrected chi connectivity index (χ4v) is 3.75. The van der Waals surface area contributed by atoms with Crippen LogP contribution in [0.2, 0.25) is 0 Å². The highest BCUT2D eigenvalue weighted by molar-refractivity contribution is 7.00. The molecule has 0 saturated heterocycles. The molecule has 26 heavy (non-hydrogen) atoms. The van der Waals surface area contributed by atoms with Gasteiger partial charge in [0.05, 0.1) is 24.8 Å². The van der Waals surface area contributed by atoms with Crippen molar-refractivity contribution >= 4 is 28.7 Å². The first-order chi connectivity index (χ1) is 12.6. The topological polar surface area (TPSA) is 64.6 Å². The summed E-state index contributed by atoms with van der Waals surface area (Å²) >= 11 is 1.20. The molecule has 1 aromatic heterocycles. The predicted molar refractivity (Wildman–Crippen MR) is 99.6 cm³/mol. The van der Waals surface area contributed by atoms with E-state index in [4.69, 9.17) is 9.47 Å².